The van der Waals surface area contributed by atoms with Crippen molar-refractivity contribution in [2.75, 3.05) is 24.7 Å². The van der Waals surface area contributed by atoms with Gasteiger partial charge in [0.25, 0.3) is 5.78 Å². The lowest BCUT2D eigenvalue weighted by atomic mass is 9.99. The molecule has 0 radical (unpaired) electrons. The average molecular weight is 302 g/mol. The van der Waals surface area contributed by atoms with Gasteiger partial charge >= 0.3 is 5.91 Å². The lowest BCUT2D eigenvalue weighted by molar-refractivity contribution is -0.114. The van der Waals surface area contributed by atoms with Crippen LogP contribution in [0.2, 0.25) is 0 Å². The molecule has 0 spiro atoms. The number of piperidine rings is 1. The number of carbonyl (C=O) groups is 2. The third kappa shape index (κ3) is 2.66. The van der Waals surface area contributed by atoms with Gasteiger partial charge in [0.15, 0.2) is 0 Å². The molecule has 3 rings (SSSR count). The topological polar surface area (TPSA) is 60.9 Å². The highest BCUT2D eigenvalue weighted by atomic mass is 16.3. The number of amides is 1. The summed E-state index contributed by atoms with van der Waals surface area (Å²) in [5, 5.41) is 9.75. The van der Waals surface area contributed by atoms with Crippen LogP contribution in [0, 0.1) is 0 Å². The molecule has 1 amide bonds. The average Bonchev–Trinajstić information content (AvgIpc) is 2.72. The minimum absolute atomic E-state index is 0.319. The molecule has 2 aliphatic heterocycles. The van der Waals surface area contributed by atoms with Gasteiger partial charge in [-0.2, -0.15) is 0 Å². The predicted octanol–water partition coefficient (Wildman–Crippen LogP) is 1.75. The number of rotatable bonds is 3. The highest BCUT2D eigenvalue weighted by Crippen LogP contribution is 2.32. The molecule has 22 heavy (non-hydrogen) atoms. The number of carbonyl (C=O) groups excluding carboxylic acids is 2. The first kappa shape index (κ1) is 15.2. The summed E-state index contributed by atoms with van der Waals surface area (Å²) in [5.74, 6) is -0.564. The van der Waals surface area contributed by atoms with Crippen molar-refractivity contribution >= 4 is 17.4 Å². The van der Waals surface area contributed by atoms with Gasteiger partial charge in [-0.3, -0.25) is 19.4 Å². The minimum atomic E-state index is -0.462. The van der Waals surface area contributed by atoms with E-state index in [1.165, 1.54) is 0 Å². The van der Waals surface area contributed by atoms with Crippen LogP contribution in [0.3, 0.4) is 0 Å². The standard InChI is InChI=1S/C17H22N2O3/c1-11(2)12-5-6-15-14(8-12)16(21)17(22)19(15)10-18-7-3-4-13(20)9-18/h5-6,8,11,13,20H,3-4,7,9-10H2,1-2H3/t13-/m0/s1. The zero-order chi connectivity index (χ0) is 15.9. The normalized spacial score (nSPS) is 22.5. The molecule has 118 valence electrons. The number of likely N-dealkylation sites (tertiary alicyclic amines) is 1. The van der Waals surface area contributed by atoms with Crippen LogP contribution in [-0.4, -0.2) is 47.6 Å². The highest BCUT2D eigenvalue weighted by molar-refractivity contribution is 6.52. The second-order valence-electron chi connectivity index (χ2n) is 6.51. The molecule has 5 heteroatoms. The van der Waals surface area contributed by atoms with Crippen LogP contribution in [-0.2, 0) is 4.79 Å². The van der Waals surface area contributed by atoms with Gasteiger partial charge in [-0.1, -0.05) is 19.9 Å². The molecular weight excluding hydrogens is 280 g/mol. The SMILES string of the molecule is CC(C)c1ccc2c(c1)C(=O)C(=O)N2CN1CCC[C@H](O)C1. The summed E-state index contributed by atoms with van der Waals surface area (Å²) in [6.07, 6.45) is 1.37. The highest BCUT2D eigenvalue weighted by Gasteiger charge is 2.37. The lowest BCUT2D eigenvalue weighted by Crippen LogP contribution is -2.46. The maximum Gasteiger partial charge on any atom is 0.300 e. The molecule has 2 aliphatic rings. The minimum Gasteiger partial charge on any atom is -0.392 e. The quantitative estimate of drug-likeness (QED) is 0.864. The van der Waals surface area contributed by atoms with E-state index in [2.05, 4.69) is 13.8 Å². The summed E-state index contributed by atoms with van der Waals surface area (Å²) >= 11 is 0. The summed E-state index contributed by atoms with van der Waals surface area (Å²) in [5.41, 5.74) is 2.27. The number of hydrogen-bond donors (Lipinski definition) is 1. The lowest BCUT2D eigenvalue weighted by Gasteiger charge is -2.33. The first-order chi connectivity index (χ1) is 10.5. The zero-order valence-corrected chi connectivity index (χ0v) is 13.1. The first-order valence-electron chi connectivity index (χ1n) is 7.88. The van der Waals surface area contributed by atoms with Gasteiger partial charge in [0.2, 0.25) is 0 Å². The number of benzene rings is 1. The second kappa shape index (κ2) is 5.82. The molecule has 5 nitrogen and oxygen atoms in total. The third-order valence-electron chi connectivity index (χ3n) is 4.48. The van der Waals surface area contributed by atoms with Crippen molar-refractivity contribution in [2.24, 2.45) is 0 Å². The van der Waals surface area contributed by atoms with Crippen LogP contribution >= 0.6 is 0 Å². The van der Waals surface area contributed by atoms with Crippen molar-refractivity contribution in [3.05, 3.63) is 29.3 Å². The Hall–Kier alpha value is -1.72. The number of ketones is 1. The van der Waals surface area contributed by atoms with Gasteiger partial charge in [-0.15, -0.1) is 0 Å². The maximum absolute atomic E-state index is 12.3. The summed E-state index contributed by atoms with van der Waals surface area (Å²) in [6.45, 7) is 5.90. The summed E-state index contributed by atoms with van der Waals surface area (Å²) in [6, 6.07) is 5.69. The first-order valence-corrected chi connectivity index (χ1v) is 7.88. The van der Waals surface area contributed by atoms with Crippen LogP contribution in [0.15, 0.2) is 18.2 Å². The molecule has 1 aromatic rings. The van der Waals surface area contributed by atoms with Gasteiger partial charge in [0, 0.05) is 13.1 Å². The molecule has 1 N–H and O–H groups in total. The van der Waals surface area contributed by atoms with Gasteiger partial charge < -0.3 is 5.11 Å². The fourth-order valence-corrected chi connectivity index (χ4v) is 3.18. The Kier molecular flexibility index (Phi) is 4.02. The van der Waals surface area contributed by atoms with E-state index in [1.54, 1.807) is 4.90 Å². The third-order valence-corrected chi connectivity index (χ3v) is 4.48. The maximum atomic E-state index is 12.3. The van der Waals surface area contributed by atoms with Crippen molar-refractivity contribution in [1.82, 2.24) is 4.90 Å². The molecule has 1 atom stereocenters. The Balaban J connectivity index is 1.85. The largest absolute Gasteiger partial charge is 0.392 e. The van der Waals surface area contributed by atoms with E-state index in [1.807, 2.05) is 23.1 Å². The molecule has 0 aliphatic carbocycles. The number of Topliss-reactive ketones (excluding diaryl/α,β-unsaturated/α-hetero) is 1. The van der Waals surface area contributed by atoms with Crippen molar-refractivity contribution < 1.29 is 14.7 Å². The van der Waals surface area contributed by atoms with E-state index in [0.717, 1.165) is 24.9 Å². The molecule has 0 bridgehead atoms. The van der Waals surface area contributed by atoms with Crippen molar-refractivity contribution in [1.29, 1.82) is 0 Å². The van der Waals surface area contributed by atoms with Gasteiger partial charge in [-0.05, 0) is 36.5 Å². The van der Waals surface area contributed by atoms with E-state index >= 15 is 0 Å². The number of hydrogen-bond acceptors (Lipinski definition) is 4. The van der Waals surface area contributed by atoms with Gasteiger partial charge in [0.1, 0.15) is 0 Å². The molecule has 1 saturated heterocycles. The Morgan fingerprint density at radius 2 is 2.09 bits per heavy atom. The van der Waals surface area contributed by atoms with Crippen LogP contribution < -0.4 is 4.90 Å². The van der Waals surface area contributed by atoms with E-state index in [0.29, 0.717) is 30.4 Å². The monoisotopic (exact) mass is 302 g/mol. The van der Waals surface area contributed by atoms with E-state index in [4.69, 9.17) is 0 Å². The zero-order valence-electron chi connectivity index (χ0n) is 13.1. The molecular formula is C17H22N2O3. The molecule has 0 aromatic heterocycles. The number of fused-ring (bicyclic) bond motifs is 1. The molecule has 1 aromatic carbocycles. The molecule has 0 saturated carbocycles. The summed E-state index contributed by atoms with van der Waals surface area (Å²) < 4.78 is 0. The van der Waals surface area contributed by atoms with E-state index in [9.17, 15) is 14.7 Å². The van der Waals surface area contributed by atoms with Crippen molar-refractivity contribution in [2.45, 2.75) is 38.7 Å². The van der Waals surface area contributed by atoms with Crippen LogP contribution in [0.4, 0.5) is 5.69 Å². The van der Waals surface area contributed by atoms with Crippen molar-refractivity contribution in [3.63, 3.8) is 0 Å². The van der Waals surface area contributed by atoms with E-state index in [-0.39, 0.29) is 6.10 Å². The van der Waals surface area contributed by atoms with Crippen LogP contribution in [0.5, 0.6) is 0 Å². The fourth-order valence-electron chi connectivity index (χ4n) is 3.18. The predicted molar refractivity (Wildman–Crippen MR) is 84.0 cm³/mol. The summed E-state index contributed by atoms with van der Waals surface area (Å²) in [7, 11) is 0. The fraction of sp³-hybridized carbons (Fsp3) is 0.529. The van der Waals surface area contributed by atoms with Gasteiger partial charge in [-0.25, -0.2) is 0 Å². The second-order valence-corrected chi connectivity index (χ2v) is 6.51. The summed E-state index contributed by atoms with van der Waals surface area (Å²) in [4.78, 5) is 28.1. The van der Waals surface area contributed by atoms with Gasteiger partial charge in [0.05, 0.1) is 24.0 Å². The Labute approximate surface area is 130 Å². The Morgan fingerprint density at radius 3 is 2.77 bits per heavy atom. The number of aliphatic hydroxyl groups excluding tert-OH is 1. The Morgan fingerprint density at radius 1 is 1.32 bits per heavy atom. The van der Waals surface area contributed by atoms with Crippen LogP contribution in [0.1, 0.15) is 48.5 Å². The molecule has 2 heterocycles. The number of β-amino-alcohol motifs (C(OH)–C–C–N with tert-alkyl or cyclic N) is 1. The smallest absolute Gasteiger partial charge is 0.300 e. The number of anilines is 1. The number of nitrogens with zero attached hydrogens (tertiary/aromatic N) is 2. The van der Waals surface area contributed by atoms with Crippen LogP contribution in [0.25, 0.3) is 0 Å². The molecule has 1 fully saturated rings. The van der Waals surface area contributed by atoms with Crippen molar-refractivity contribution in [3.8, 4) is 0 Å². The van der Waals surface area contributed by atoms with E-state index < -0.39 is 11.7 Å². The number of aliphatic hydroxyl groups is 1. The Bertz CT molecular complexity index is 612. The molecule has 0 unspecified atom stereocenters.